The third-order valence-corrected chi connectivity index (χ3v) is 2.91. The van der Waals surface area contributed by atoms with Gasteiger partial charge in [0.2, 0.25) is 5.91 Å². The van der Waals surface area contributed by atoms with E-state index in [1.807, 2.05) is 30.1 Å². The predicted molar refractivity (Wildman–Crippen MR) is 63.2 cm³/mol. The van der Waals surface area contributed by atoms with Crippen LogP contribution in [0.15, 0.2) is 18.5 Å². The van der Waals surface area contributed by atoms with Crippen molar-refractivity contribution in [3.05, 3.63) is 24.0 Å². The lowest BCUT2D eigenvalue weighted by atomic mass is 9.95. The summed E-state index contributed by atoms with van der Waals surface area (Å²) in [6, 6.07) is 1.91. The summed E-state index contributed by atoms with van der Waals surface area (Å²) in [5.41, 5.74) is 0.996. The van der Waals surface area contributed by atoms with E-state index < -0.39 is 17.8 Å². The van der Waals surface area contributed by atoms with E-state index >= 15 is 0 Å². The third kappa shape index (κ3) is 3.62. The number of aliphatic carboxylic acids is 1. The normalized spacial score (nSPS) is 14.1. The molecule has 94 valence electrons. The predicted octanol–water partition coefficient (Wildman–Crippen LogP) is 0.998. The molecule has 0 bridgehead atoms. The Labute approximate surface area is 100 Å². The second kappa shape index (κ2) is 5.52. The summed E-state index contributed by atoms with van der Waals surface area (Å²) in [5.74, 6) is -2.39. The molecule has 0 aliphatic heterocycles. The Hall–Kier alpha value is -1.78. The highest BCUT2D eigenvalue weighted by Crippen LogP contribution is 2.11. The van der Waals surface area contributed by atoms with Gasteiger partial charge in [-0.25, -0.2) is 0 Å². The van der Waals surface area contributed by atoms with Gasteiger partial charge in [0.15, 0.2) is 0 Å². The highest BCUT2D eigenvalue weighted by atomic mass is 16.4. The van der Waals surface area contributed by atoms with E-state index in [1.54, 1.807) is 6.92 Å². The number of aryl methyl sites for hydroxylation is 1. The zero-order chi connectivity index (χ0) is 13.0. The fraction of sp³-hybridized carbons (Fsp3) is 0.500. The number of aromatic nitrogens is 1. The van der Waals surface area contributed by atoms with Gasteiger partial charge in [-0.05, 0) is 11.6 Å². The zero-order valence-corrected chi connectivity index (χ0v) is 10.3. The molecule has 1 heterocycles. The van der Waals surface area contributed by atoms with Crippen LogP contribution in [0.4, 0.5) is 0 Å². The molecule has 0 fully saturated rings. The number of carbonyl (C=O) groups excluding carboxylic acids is 1. The van der Waals surface area contributed by atoms with Crippen LogP contribution in [-0.2, 0) is 23.2 Å². The van der Waals surface area contributed by atoms with Gasteiger partial charge in [0, 0.05) is 31.9 Å². The van der Waals surface area contributed by atoms with Crippen LogP contribution in [0.1, 0.15) is 19.4 Å². The van der Waals surface area contributed by atoms with Crippen LogP contribution in [0.5, 0.6) is 0 Å². The Balaban J connectivity index is 2.47. The maximum Gasteiger partial charge on any atom is 0.307 e. The minimum atomic E-state index is -0.952. The first-order valence-electron chi connectivity index (χ1n) is 5.53. The zero-order valence-electron chi connectivity index (χ0n) is 10.3. The smallest absolute Gasteiger partial charge is 0.307 e. The van der Waals surface area contributed by atoms with Gasteiger partial charge < -0.3 is 15.0 Å². The molecule has 17 heavy (non-hydrogen) atoms. The highest BCUT2D eigenvalue weighted by molar-refractivity contribution is 5.84. The lowest BCUT2D eigenvalue weighted by molar-refractivity contribution is -0.146. The average molecular weight is 238 g/mol. The van der Waals surface area contributed by atoms with E-state index in [0.717, 1.165) is 5.56 Å². The minimum Gasteiger partial charge on any atom is -0.481 e. The molecule has 2 unspecified atom stereocenters. The topological polar surface area (TPSA) is 71.3 Å². The molecule has 0 aromatic carbocycles. The van der Waals surface area contributed by atoms with Gasteiger partial charge in [0.05, 0.1) is 5.92 Å². The molecule has 2 N–H and O–H groups in total. The van der Waals surface area contributed by atoms with Crippen molar-refractivity contribution in [2.45, 2.75) is 20.4 Å². The maximum absolute atomic E-state index is 11.7. The first-order chi connectivity index (χ1) is 7.91. The molecule has 1 aromatic heterocycles. The lowest BCUT2D eigenvalue weighted by Gasteiger charge is -2.15. The summed E-state index contributed by atoms with van der Waals surface area (Å²) in [5, 5.41) is 11.5. The Morgan fingerprint density at radius 1 is 1.41 bits per heavy atom. The van der Waals surface area contributed by atoms with E-state index in [2.05, 4.69) is 5.32 Å². The number of nitrogens with zero attached hydrogens (tertiary/aromatic N) is 1. The monoisotopic (exact) mass is 238 g/mol. The largest absolute Gasteiger partial charge is 0.481 e. The van der Waals surface area contributed by atoms with Crippen LogP contribution in [0.25, 0.3) is 0 Å². The average Bonchev–Trinajstić information content (AvgIpc) is 2.69. The van der Waals surface area contributed by atoms with E-state index in [9.17, 15) is 9.59 Å². The SMILES string of the molecule is CC(C(=O)O)C(C)C(=O)NCc1ccn(C)c1. The van der Waals surface area contributed by atoms with E-state index in [-0.39, 0.29) is 5.91 Å². The molecule has 1 amide bonds. The van der Waals surface area contributed by atoms with E-state index in [1.165, 1.54) is 6.92 Å². The molecule has 0 aliphatic carbocycles. The maximum atomic E-state index is 11.7. The number of carboxylic acid groups (broad SMARTS) is 1. The fourth-order valence-electron chi connectivity index (χ4n) is 1.46. The Morgan fingerprint density at radius 2 is 2.06 bits per heavy atom. The van der Waals surface area contributed by atoms with Gasteiger partial charge in [-0.3, -0.25) is 9.59 Å². The van der Waals surface area contributed by atoms with Crippen LogP contribution in [0.3, 0.4) is 0 Å². The quantitative estimate of drug-likeness (QED) is 0.803. The summed E-state index contributed by atoms with van der Waals surface area (Å²) in [4.78, 5) is 22.4. The first kappa shape index (κ1) is 13.3. The summed E-state index contributed by atoms with van der Waals surface area (Å²) in [7, 11) is 1.90. The van der Waals surface area contributed by atoms with Crippen LogP contribution in [0, 0.1) is 11.8 Å². The number of carboxylic acids is 1. The van der Waals surface area contributed by atoms with Crippen LogP contribution >= 0.6 is 0 Å². The van der Waals surface area contributed by atoms with Crippen LogP contribution < -0.4 is 5.32 Å². The van der Waals surface area contributed by atoms with Crippen molar-refractivity contribution in [3.8, 4) is 0 Å². The molecule has 5 heteroatoms. The van der Waals surface area contributed by atoms with Crippen molar-refractivity contribution in [1.82, 2.24) is 9.88 Å². The van der Waals surface area contributed by atoms with Gasteiger partial charge in [-0.1, -0.05) is 13.8 Å². The molecule has 1 aromatic rings. The molecule has 0 radical (unpaired) electrons. The molecule has 5 nitrogen and oxygen atoms in total. The molecule has 1 rings (SSSR count). The fourth-order valence-corrected chi connectivity index (χ4v) is 1.46. The van der Waals surface area contributed by atoms with E-state index in [4.69, 9.17) is 5.11 Å². The molecule has 0 spiro atoms. The van der Waals surface area contributed by atoms with Crippen molar-refractivity contribution in [3.63, 3.8) is 0 Å². The van der Waals surface area contributed by atoms with Crippen molar-refractivity contribution in [2.75, 3.05) is 0 Å². The van der Waals surface area contributed by atoms with Gasteiger partial charge in [-0.2, -0.15) is 0 Å². The van der Waals surface area contributed by atoms with Gasteiger partial charge in [0.1, 0.15) is 0 Å². The van der Waals surface area contributed by atoms with Crippen molar-refractivity contribution < 1.29 is 14.7 Å². The van der Waals surface area contributed by atoms with Crippen molar-refractivity contribution in [2.24, 2.45) is 18.9 Å². The first-order valence-corrected chi connectivity index (χ1v) is 5.53. The second-order valence-electron chi connectivity index (χ2n) is 4.32. The van der Waals surface area contributed by atoms with Crippen molar-refractivity contribution in [1.29, 1.82) is 0 Å². The third-order valence-electron chi connectivity index (χ3n) is 2.91. The standard InChI is InChI=1S/C12H18N2O3/c1-8(9(2)12(16)17)11(15)13-6-10-4-5-14(3)7-10/h4-5,7-9H,6H2,1-3H3,(H,13,15)(H,16,17). The number of nitrogens with one attached hydrogen (secondary N) is 1. The Morgan fingerprint density at radius 3 is 2.53 bits per heavy atom. The van der Waals surface area contributed by atoms with Crippen molar-refractivity contribution >= 4 is 11.9 Å². The Bertz CT molecular complexity index is 412. The number of carbonyl (C=O) groups is 2. The molecule has 2 atom stereocenters. The van der Waals surface area contributed by atoms with Gasteiger partial charge in [0.25, 0.3) is 0 Å². The molecular formula is C12H18N2O3. The van der Waals surface area contributed by atoms with Crippen LogP contribution in [-0.4, -0.2) is 21.6 Å². The molecule has 0 saturated heterocycles. The number of hydrogen-bond donors (Lipinski definition) is 2. The summed E-state index contributed by atoms with van der Waals surface area (Å²) >= 11 is 0. The number of rotatable bonds is 5. The molecular weight excluding hydrogens is 220 g/mol. The minimum absolute atomic E-state index is 0.233. The van der Waals surface area contributed by atoms with Gasteiger partial charge >= 0.3 is 5.97 Å². The summed E-state index contributed by atoms with van der Waals surface area (Å²) in [6.45, 7) is 3.59. The molecule has 0 aliphatic rings. The number of hydrogen-bond acceptors (Lipinski definition) is 2. The summed E-state index contributed by atoms with van der Waals surface area (Å²) in [6.07, 6.45) is 3.80. The Kier molecular flexibility index (Phi) is 4.31. The van der Waals surface area contributed by atoms with Gasteiger partial charge in [-0.15, -0.1) is 0 Å². The highest BCUT2D eigenvalue weighted by Gasteiger charge is 2.25. The van der Waals surface area contributed by atoms with E-state index in [0.29, 0.717) is 6.54 Å². The van der Waals surface area contributed by atoms with Crippen LogP contribution in [0.2, 0.25) is 0 Å². The second-order valence-corrected chi connectivity index (χ2v) is 4.32. The summed E-state index contributed by atoms with van der Waals surface area (Å²) < 4.78 is 1.89. The lowest BCUT2D eigenvalue weighted by Crippen LogP contribution is -2.34. The number of amides is 1. The molecule has 0 saturated carbocycles.